The highest BCUT2D eigenvalue weighted by molar-refractivity contribution is 5.90. The monoisotopic (exact) mass is 414 g/mol. The van der Waals surface area contributed by atoms with Crippen molar-refractivity contribution in [2.75, 3.05) is 11.9 Å². The van der Waals surface area contributed by atoms with E-state index in [1.54, 1.807) is 0 Å². The molecule has 0 radical (unpaired) electrons. The van der Waals surface area contributed by atoms with Gasteiger partial charge in [-0.25, -0.2) is 4.79 Å². The molecule has 0 fully saturated rings. The van der Waals surface area contributed by atoms with Gasteiger partial charge in [0.1, 0.15) is 0 Å². The Balaban J connectivity index is 2.02. The minimum Gasteiger partial charge on any atom is -0.463 e. The van der Waals surface area contributed by atoms with Crippen LogP contribution in [0.5, 0.6) is 0 Å². The second-order valence-electron chi connectivity index (χ2n) is 7.36. The van der Waals surface area contributed by atoms with Gasteiger partial charge < -0.3 is 15.0 Å². The first-order valence-corrected chi connectivity index (χ1v) is 10.7. The molecule has 3 rings (SSSR count). The van der Waals surface area contributed by atoms with E-state index in [9.17, 15) is 4.79 Å². The van der Waals surface area contributed by atoms with Crippen molar-refractivity contribution < 1.29 is 9.53 Å². The first-order valence-electron chi connectivity index (χ1n) is 10.7. The topological polar surface area (TPSA) is 41.6 Å². The Morgan fingerprint density at radius 3 is 2.55 bits per heavy atom. The van der Waals surface area contributed by atoms with Crippen molar-refractivity contribution >= 4 is 11.7 Å². The second kappa shape index (κ2) is 10.5. The summed E-state index contributed by atoms with van der Waals surface area (Å²) in [5, 5.41) is 3.63. The number of ether oxygens (including phenoxy) is 1. The van der Waals surface area contributed by atoms with Crippen LogP contribution in [0, 0.1) is 6.92 Å². The summed E-state index contributed by atoms with van der Waals surface area (Å²) in [6, 6.07) is 18.3. The van der Waals surface area contributed by atoms with E-state index >= 15 is 0 Å². The Kier molecular flexibility index (Phi) is 7.50. The van der Waals surface area contributed by atoms with Crippen molar-refractivity contribution in [3.8, 4) is 0 Å². The zero-order chi connectivity index (χ0) is 22.2. The third kappa shape index (κ3) is 5.34. The molecule has 0 spiro atoms. The first kappa shape index (κ1) is 22.2. The molecule has 4 heteroatoms. The molecule has 0 unspecified atom stereocenters. The zero-order valence-electron chi connectivity index (χ0n) is 18.5. The van der Waals surface area contributed by atoms with Gasteiger partial charge in [0.25, 0.3) is 0 Å². The van der Waals surface area contributed by atoms with Crippen LogP contribution in [0.2, 0.25) is 0 Å². The van der Waals surface area contributed by atoms with Crippen molar-refractivity contribution in [3.63, 3.8) is 0 Å². The van der Waals surface area contributed by atoms with Crippen molar-refractivity contribution in [2.24, 2.45) is 0 Å². The average molecular weight is 415 g/mol. The predicted octanol–water partition coefficient (Wildman–Crippen LogP) is 6.27. The summed E-state index contributed by atoms with van der Waals surface area (Å²) in [5.74, 6) is -0.291. The van der Waals surface area contributed by atoms with E-state index in [0.29, 0.717) is 18.6 Å². The summed E-state index contributed by atoms with van der Waals surface area (Å²) in [6.07, 6.45) is 8.33. The van der Waals surface area contributed by atoms with Gasteiger partial charge in [0.05, 0.1) is 23.9 Å². The van der Waals surface area contributed by atoms with E-state index in [2.05, 4.69) is 49.2 Å². The highest BCUT2D eigenvalue weighted by Crippen LogP contribution is 2.33. The first-order chi connectivity index (χ1) is 15.0. The maximum Gasteiger partial charge on any atom is 0.336 e. The number of carbonyl (C=O) groups excluding carboxylic acids is 1. The quantitative estimate of drug-likeness (QED) is 0.408. The fourth-order valence-corrected chi connectivity index (χ4v) is 3.63. The van der Waals surface area contributed by atoms with Gasteiger partial charge in [-0.3, -0.25) is 0 Å². The van der Waals surface area contributed by atoms with E-state index in [4.69, 9.17) is 4.74 Å². The predicted molar refractivity (Wildman–Crippen MR) is 127 cm³/mol. The normalized spacial score (nSPS) is 15.4. The number of carbonyl (C=O) groups is 1. The van der Waals surface area contributed by atoms with E-state index in [0.717, 1.165) is 22.6 Å². The van der Waals surface area contributed by atoms with Crippen LogP contribution in [0.15, 0.2) is 103 Å². The fourth-order valence-electron chi connectivity index (χ4n) is 3.63. The molecule has 160 valence electrons. The summed E-state index contributed by atoms with van der Waals surface area (Å²) in [4.78, 5) is 14.6. The molecule has 1 atom stereocenters. The smallest absolute Gasteiger partial charge is 0.336 e. The van der Waals surface area contributed by atoms with Crippen LogP contribution in [-0.4, -0.2) is 17.5 Å². The van der Waals surface area contributed by atoms with Crippen LogP contribution in [0.4, 0.5) is 5.69 Å². The van der Waals surface area contributed by atoms with Crippen molar-refractivity contribution in [1.29, 1.82) is 0 Å². The molecule has 31 heavy (non-hydrogen) atoms. The molecule has 1 aliphatic heterocycles. The van der Waals surface area contributed by atoms with E-state index in [1.807, 2.05) is 67.4 Å². The molecule has 0 aromatic heterocycles. The van der Waals surface area contributed by atoms with Gasteiger partial charge in [0, 0.05) is 17.6 Å². The Morgan fingerprint density at radius 2 is 1.87 bits per heavy atom. The number of allylic oxidation sites excluding steroid dienone is 3. The number of esters is 1. The molecule has 0 amide bonds. The van der Waals surface area contributed by atoms with E-state index < -0.39 is 0 Å². The lowest BCUT2D eigenvalue weighted by Gasteiger charge is -2.33. The summed E-state index contributed by atoms with van der Waals surface area (Å²) in [5.41, 5.74) is 5.52. The maximum absolute atomic E-state index is 12.6. The third-order valence-corrected chi connectivity index (χ3v) is 5.15. The van der Waals surface area contributed by atoms with Crippen molar-refractivity contribution in [3.05, 3.63) is 114 Å². The standard InChI is InChI=1S/C27H30N2O2/c1-5-24(27(30)31-6-2)25-17-10-11-18-29(25)21(4)26(22-14-8-7-9-15-22)28-23-16-12-13-20(3)19-23/h7-19,26,28H,4-6H2,1-3H3/b25-24+/t26-/m1/s1. The van der Waals surface area contributed by atoms with Crippen molar-refractivity contribution in [1.82, 2.24) is 4.90 Å². The minimum atomic E-state index is -0.291. The molecule has 0 aliphatic carbocycles. The number of hydrogen-bond acceptors (Lipinski definition) is 4. The van der Waals surface area contributed by atoms with Gasteiger partial charge in [0.2, 0.25) is 0 Å². The van der Waals surface area contributed by atoms with Gasteiger partial charge in [-0.1, -0.05) is 62.0 Å². The number of aryl methyl sites for hydroxylation is 1. The number of nitrogens with zero attached hydrogens (tertiary/aromatic N) is 1. The third-order valence-electron chi connectivity index (χ3n) is 5.15. The molecular weight excluding hydrogens is 384 g/mol. The van der Waals surface area contributed by atoms with Gasteiger partial charge in [0.15, 0.2) is 0 Å². The van der Waals surface area contributed by atoms with Crippen LogP contribution >= 0.6 is 0 Å². The molecule has 0 saturated carbocycles. The van der Waals surface area contributed by atoms with Crippen LogP contribution < -0.4 is 5.32 Å². The molecular formula is C27H30N2O2. The average Bonchev–Trinajstić information content (AvgIpc) is 2.79. The lowest BCUT2D eigenvalue weighted by Crippen LogP contribution is -2.27. The van der Waals surface area contributed by atoms with Crippen LogP contribution in [0.3, 0.4) is 0 Å². The summed E-state index contributed by atoms with van der Waals surface area (Å²) >= 11 is 0. The molecule has 0 saturated heterocycles. The largest absolute Gasteiger partial charge is 0.463 e. The summed E-state index contributed by atoms with van der Waals surface area (Å²) < 4.78 is 5.30. The van der Waals surface area contributed by atoms with E-state index in [-0.39, 0.29) is 12.0 Å². The molecule has 1 N–H and O–H groups in total. The van der Waals surface area contributed by atoms with Gasteiger partial charge in [-0.15, -0.1) is 0 Å². The Labute approximate surface area is 185 Å². The minimum absolute atomic E-state index is 0.186. The molecule has 2 aromatic carbocycles. The van der Waals surface area contributed by atoms with Gasteiger partial charge in [-0.05, 0) is 55.7 Å². The van der Waals surface area contributed by atoms with E-state index in [1.165, 1.54) is 5.56 Å². The Hall–Kier alpha value is -3.53. The summed E-state index contributed by atoms with van der Waals surface area (Å²) in [6.45, 7) is 10.6. The maximum atomic E-state index is 12.6. The second-order valence-corrected chi connectivity index (χ2v) is 7.36. The highest BCUT2D eigenvalue weighted by Gasteiger charge is 2.25. The van der Waals surface area contributed by atoms with Crippen LogP contribution in [0.25, 0.3) is 0 Å². The molecule has 4 nitrogen and oxygen atoms in total. The molecule has 1 aliphatic rings. The van der Waals surface area contributed by atoms with Crippen LogP contribution in [-0.2, 0) is 9.53 Å². The highest BCUT2D eigenvalue weighted by atomic mass is 16.5. The Morgan fingerprint density at radius 1 is 1.10 bits per heavy atom. The number of rotatable bonds is 8. The fraction of sp³-hybridized carbons (Fsp3) is 0.222. The number of benzene rings is 2. The molecule has 0 bridgehead atoms. The summed E-state index contributed by atoms with van der Waals surface area (Å²) in [7, 11) is 0. The lowest BCUT2D eigenvalue weighted by molar-refractivity contribution is -0.138. The van der Waals surface area contributed by atoms with Gasteiger partial charge >= 0.3 is 5.97 Å². The molecule has 1 heterocycles. The van der Waals surface area contributed by atoms with Crippen LogP contribution in [0.1, 0.15) is 37.4 Å². The number of hydrogen-bond donors (Lipinski definition) is 1. The lowest BCUT2D eigenvalue weighted by atomic mass is 10.0. The number of nitrogens with one attached hydrogen (secondary N) is 1. The molecule has 2 aromatic rings. The van der Waals surface area contributed by atoms with Gasteiger partial charge in [-0.2, -0.15) is 0 Å². The van der Waals surface area contributed by atoms with Crippen molar-refractivity contribution in [2.45, 2.75) is 33.2 Å². The zero-order valence-corrected chi connectivity index (χ0v) is 18.5. The Bertz CT molecular complexity index is 1020. The number of anilines is 1. The SMILES string of the molecule is C=C([C@@H](Nc1cccc(C)c1)c1ccccc1)N1C=CC=C/C1=C(/CC)C(=O)OCC.